The Bertz CT molecular complexity index is 1550. The molecule has 0 radical (unpaired) electrons. The van der Waals surface area contributed by atoms with E-state index in [1.54, 1.807) is 0 Å². The smallest absolute Gasteiger partial charge is 0.220 e. The second-order valence-corrected chi connectivity index (χ2v) is 28.9. The summed E-state index contributed by atoms with van der Waals surface area (Å²) in [6.07, 6.45) is 61.8. The van der Waals surface area contributed by atoms with Crippen molar-refractivity contribution >= 4 is 5.91 Å². The summed E-state index contributed by atoms with van der Waals surface area (Å²) >= 11 is 0. The first-order valence-corrected chi connectivity index (χ1v) is 40.3. The number of carbonyl (C=O) groups excluding carboxylic acids is 1. The Morgan fingerprint density at radius 1 is 0.348 bits per heavy atom. The SMILES string of the molecule is CCCCCCCCCCCCCCCCCCCCCCCCCCCCCCCCCCCCCCCCCCCC(=O)NC(COC1OC(CO)C(OC2OC(CO)C(O)C(O)C2O)C(O)C1O)C(O)CCCCCCCCCCCCCCCCCCC. The van der Waals surface area contributed by atoms with Gasteiger partial charge in [0.25, 0.3) is 0 Å². The molecule has 12 atom stereocenters. The molecule has 548 valence electrons. The Kier molecular flexibility index (Phi) is 60.0. The van der Waals surface area contributed by atoms with E-state index in [0.717, 1.165) is 51.4 Å². The molecule has 2 heterocycles. The summed E-state index contributed by atoms with van der Waals surface area (Å²) in [6.45, 7) is 2.93. The fourth-order valence-electron chi connectivity index (χ4n) is 14.0. The molecule has 0 spiro atoms. The molecule has 12 unspecified atom stereocenters. The number of aliphatic hydroxyl groups excluding tert-OH is 8. The van der Waals surface area contributed by atoms with Crippen LogP contribution in [-0.4, -0.2) is 140 Å². The molecule has 9 N–H and O–H groups in total. The van der Waals surface area contributed by atoms with Crippen LogP contribution in [0.25, 0.3) is 0 Å². The average molecular weight is 1310 g/mol. The van der Waals surface area contributed by atoms with Crippen molar-refractivity contribution in [1.29, 1.82) is 0 Å². The monoisotopic (exact) mass is 1310 g/mol. The molecule has 0 saturated carbocycles. The third-order valence-corrected chi connectivity index (χ3v) is 20.3. The molecule has 92 heavy (non-hydrogen) atoms. The van der Waals surface area contributed by atoms with E-state index in [1.165, 1.54) is 321 Å². The molecular weight excluding hydrogens is 1160 g/mol. The highest BCUT2D eigenvalue weighted by Gasteiger charge is 2.51. The molecule has 0 aromatic carbocycles. The zero-order chi connectivity index (χ0) is 66.6. The quantitative estimate of drug-likeness (QED) is 0.0259. The maximum atomic E-state index is 13.4. The zero-order valence-corrected chi connectivity index (χ0v) is 60.1. The third-order valence-electron chi connectivity index (χ3n) is 20.3. The van der Waals surface area contributed by atoms with Crippen molar-refractivity contribution in [3.8, 4) is 0 Å². The lowest BCUT2D eigenvalue weighted by Crippen LogP contribution is -2.65. The number of amides is 1. The van der Waals surface area contributed by atoms with Crippen molar-refractivity contribution in [2.45, 2.75) is 473 Å². The minimum atomic E-state index is -1.78. The first kappa shape index (κ1) is 87.1. The van der Waals surface area contributed by atoms with Crippen LogP contribution < -0.4 is 5.32 Å². The lowest BCUT2D eigenvalue weighted by atomic mass is 9.97. The largest absolute Gasteiger partial charge is 0.394 e. The highest BCUT2D eigenvalue weighted by Crippen LogP contribution is 2.31. The van der Waals surface area contributed by atoms with Gasteiger partial charge in [-0.05, 0) is 12.8 Å². The first-order valence-electron chi connectivity index (χ1n) is 40.3. The highest BCUT2D eigenvalue weighted by atomic mass is 16.7. The molecular formula is C78H153NO13. The Balaban J connectivity index is 1.52. The van der Waals surface area contributed by atoms with Crippen LogP contribution in [0.1, 0.15) is 399 Å². The molecule has 2 aliphatic heterocycles. The molecule has 0 bridgehead atoms. The average Bonchev–Trinajstić information content (AvgIpc) is 0.856. The minimum absolute atomic E-state index is 0.196. The fraction of sp³-hybridized carbons (Fsp3) is 0.987. The molecule has 1 amide bonds. The molecule has 0 aromatic rings. The van der Waals surface area contributed by atoms with Gasteiger partial charge < -0.3 is 65.1 Å². The molecule has 2 aliphatic rings. The van der Waals surface area contributed by atoms with Crippen LogP contribution >= 0.6 is 0 Å². The van der Waals surface area contributed by atoms with Crippen LogP contribution in [0.15, 0.2) is 0 Å². The fourth-order valence-corrected chi connectivity index (χ4v) is 14.0. The van der Waals surface area contributed by atoms with E-state index in [9.17, 15) is 45.6 Å². The van der Waals surface area contributed by atoms with E-state index in [1.807, 2.05) is 0 Å². The van der Waals surface area contributed by atoms with Gasteiger partial charge in [-0.25, -0.2) is 0 Å². The Labute approximate surface area is 565 Å². The number of rotatable bonds is 69. The number of aliphatic hydroxyl groups is 8. The van der Waals surface area contributed by atoms with Gasteiger partial charge in [-0.15, -0.1) is 0 Å². The van der Waals surface area contributed by atoms with Gasteiger partial charge in [-0.1, -0.05) is 380 Å². The van der Waals surface area contributed by atoms with Gasteiger partial charge in [0.15, 0.2) is 12.6 Å². The summed E-state index contributed by atoms with van der Waals surface area (Å²) in [6, 6.07) is -0.824. The van der Waals surface area contributed by atoms with Gasteiger partial charge in [0.2, 0.25) is 5.91 Å². The standard InChI is InChI=1S/C78H153NO13/c1-3-5-7-9-11-13-15-17-19-21-22-23-24-25-26-27-28-29-30-31-32-33-34-35-36-37-38-39-40-41-42-43-44-46-48-50-52-54-56-58-60-62-70(83)79-66(67(82)61-59-57-55-53-51-49-47-45-20-18-16-14-12-10-8-6-4-2)65-89-77-75(88)73(86)76(69(64-81)91-77)92-78-74(87)72(85)71(84)68(63-80)90-78/h66-69,71-78,80-82,84-88H,3-65H2,1-2H3,(H,79,83). The molecule has 0 aliphatic carbocycles. The molecule has 0 aromatic heterocycles. The highest BCUT2D eigenvalue weighted by molar-refractivity contribution is 5.76. The molecule has 2 rings (SSSR count). The topological polar surface area (TPSA) is 228 Å². The number of carbonyl (C=O) groups is 1. The Morgan fingerprint density at radius 2 is 0.620 bits per heavy atom. The van der Waals surface area contributed by atoms with E-state index in [0.29, 0.717) is 12.8 Å². The summed E-state index contributed by atoms with van der Waals surface area (Å²) in [4.78, 5) is 13.4. The summed E-state index contributed by atoms with van der Waals surface area (Å²) in [5, 5.41) is 87.7. The predicted molar refractivity (Wildman–Crippen MR) is 379 cm³/mol. The van der Waals surface area contributed by atoms with Gasteiger partial charge in [0, 0.05) is 6.42 Å². The zero-order valence-electron chi connectivity index (χ0n) is 60.1. The summed E-state index contributed by atoms with van der Waals surface area (Å²) in [5.74, 6) is -0.196. The van der Waals surface area contributed by atoms with Gasteiger partial charge >= 0.3 is 0 Å². The van der Waals surface area contributed by atoms with Crippen LogP contribution in [0.2, 0.25) is 0 Å². The van der Waals surface area contributed by atoms with E-state index < -0.39 is 86.8 Å². The van der Waals surface area contributed by atoms with E-state index in [2.05, 4.69) is 19.2 Å². The number of ether oxygens (including phenoxy) is 4. The maximum Gasteiger partial charge on any atom is 0.220 e. The van der Waals surface area contributed by atoms with Crippen LogP contribution in [0.4, 0.5) is 0 Å². The van der Waals surface area contributed by atoms with Crippen molar-refractivity contribution in [2.75, 3.05) is 19.8 Å². The number of unbranched alkanes of at least 4 members (excludes halogenated alkanes) is 56. The second-order valence-electron chi connectivity index (χ2n) is 28.9. The van der Waals surface area contributed by atoms with Crippen molar-refractivity contribution in [3.63, 3.8) is 0 Å². The van der Waals surface area contributed by atoms with Gasteiger partial charge in [-0.3, -0.25) is 4.79 Å². The molecule has 14 heteroatoms. The number of hydrogen-bond acceptors (Lipinski definition) is 13. The third kappa shape index (κ3) is 46.3. The van der Waals surface area contributed by atoms with Crippen molar-refractivity contribution in [3.05, 3.63) is 0 Å². The van der Waals surface area contributed by atoms with E-state index in [4.69, 9.17) is 18.9 Å². The Morgan fingerprint density at radius 3 is 0.924 bits per heavy atom. The number of nitrogens with one attached hydrogen (secondary N) is 1. The second kappa shape index (κ2) is 63.4. The normalized spacial score (nSPS) is 22.5. The lowest BCUT2D eigenvalue weighted by Gasteiger charge is -2.46. The van der Waals surface area contributed by atoms with Crippen LogP contribution in [0, 0.1) is 0 Å². The van der Waals surface area contributed by atoms with Gasteiger partial charge in [0.05, 0.1) is 32.0 Å². The van der Waals surface area contributed by atoms with Crippen LogP contribution in [0.3, 0.4) is 0 Å². The maximum absolute atomic E-state index is 13.4. The lowest BCUT2D eigenvalue weighted by molar-refractivity contribution is -0.359. The van der Waals surface area contributed by atoms with Crippen molar-refractivity contribution < 1.29 is 64.6 Å². The van der Waals surface area contributed by atoms with Gasteiger partial charge in [-0.2, -0.15) is 0 Å². The number of hydrogen-bond donors (Lipinski definition) is 9. The summed E-state index contributed by atoms with van der Waals surface area (Å²) < 4.78 is 22.9. The van der Waals surface area contributed by atoms with Crippen molar-refractivity contribution in [1.82, 2.24) is 5.32 Å². The molecule has 2 fully saturated rings. The van der Waals surface area contributed by atoms with Crippen LogP contribution in [0.5, 0.6) is 0 Å². The summed E-state index contributed by atoms with van der Waals surface area (Å²) in [7, 11) is 0. The predicted octanol–water partition coefficient (Wildman–Crippen LogP) is 17.9. The van der Waals surface area contributed by atoms with Gasteiger partial charge in [0.1, 0.15) is 48.8 Å². The first-order chi connectivity index (χ1) is 45.1. The van der Waals surface area contributed by atoms with E-state index in [-0.39, 0.29) is 12.5 Å². The minimum Gasteiger partial charge on any atom is -0.394 e. The molecule has 14 nitrogen and oxygen atoms in total. The molecule has 2 saturated heterocycles. The van der Waals surface area contributed by atoms with Crippen molar-refractivity contribution in [2.24, 2.45) is 0 Å². The Hall–Kier alpha value is -1.01. The van der Waals surface area contributed by atoms with E-state index >= 15 is 0 Å². The summed E-state index contributed by atoms with van der Waals surface area (Å²) in [5.41, 5.74) is 0. The van der Waals surface area contributed by atoms with Crippen LogP contribution in [-0.2, 0) is 23.7 Å².